The Labute approximate surface area is 73.0 Å². The predicted molar refractivity (Wildman–Crippen MR) is 45.4 cm³/mol. The van der Waals surface area contributed by atoms with Crippen molar-refractivity contribution >= 4 is 10.2 Å². The first-order valence-corrected chi connectivity index (χ1v) is 5.16. The van der Waals surface area contributed by atoms with E-state index in [1.807, 2.05) is 6.07 Å². The van der Waals surface area contributed by atoms with E-state index >= 15 is 0 Å². The second-order valence-electron chi connectivity index (χ2n) is 2.22. The highest BCUT2D eigenvalue weighted by molar-refractivity contribution is 7.87. The molecule has 0 aliphatic rings. The Hall–Kier alpha value is -0.640. The first kappa shape index (κ1) is 11.4. The van der Waals surface area contributed by atoms with Gasteiger partial charge in [-0.3, -0.25) is 0 Å². The Morgan fingerprint density at radius 3 is 2.58 bits per heavy atom. The van der Waals surface area contributed by atoms with Crippen LogP contribution in [0.1, 0.15) is 19.3 Å². The fourth-order valence-corrected chi connectivity index (χ4v) is 1.17. The third-order valence-corrected chi connectivity index (χ3v) is 2.40. The smallest absolute Gasteiger partial charge is 0.205 e. The van der Waals surface area contributed by atoms with Crippen molar-refractivity contribution < 1.29 is 8.42 Å². The van der Waals surface area contributed by atoms with Crippen LogP contribution in [-0.2, 0) is 10.2 Å². The Kier molecular flexibility index (Phi) is 5.62. The first-order valence-electron chi connectivity index (χ1n) is 3.67. The normalized spacial score (nSPS) is 11.0. The van der Waals surface area contributed by atoms with Crippen molar-refractivity contribution in [2.24, 2.45) is 0 Å². The van der Waals surface area contributed by atoms with Crippen molar-refractivity contribution in [2.75, 3.05) is 13.6 Å². The molecule has 0 bridgehead atoms. The minimum Gasteiger partial charge on any atom is -0.205 e. The van der Waals surface area contributed by atoms with E-state index in [1.54, 1.807) is 0 Å². The Morgan fingerprint density at radius 2 is 2.08 bits per heavy atom. The molecule has 0 fully saturated rings. The zero-order chi connectivity index (χ0) is 9.45. The average molecular weight is 191 g/mol. The maximum Gasteiger partial charge on any atom is 0.276 e. The van der Waals surface area contributed by atoms with Gasteiger partial charge >= 0.3 is 0 Å². The number of unbranched alkanes of at least 4 members (excludes halogenated alkanes) is 2. The topological polar surface area (TPSA) is 82.0 Å². The summed E-state index contributed by atoms with van der Waals surface area (Å²) in [6, 6.07) is 1.99. The molecule has 0 atom stereocenters. The van der Waals surface area contributed by atoms with Gasteiger partial charge in [0.1, 0.15) is 0 Å². The van der Waals surface area contributed by atoms with E-state index in [0.29, 0.717) is 19.4 Å². The van der Waals surface area contributed by atoms with E-state index < -0.39 is 10.2 Å². The number of nitriles is 1. The van der Waals surface area contributed by atoms with Gasteiger partial charge in [0.05, 0.1) is 6.07 Å². The molecule has 0 saturated carbocycles. The number of nitrogens with one attached hydrogen (secondary N) is 2. The average Bonchev–Trinajstić information content (AvgIpc) is 2.04. The summed E-state index contributed by atoms with van der Waals surface area (Å²) in [5.41, 5.74) is 0. The Bertz CT molecular complexity index is 242. The van der Waals surface area contributed by atoms with Gasteiger partial charge in [0.25, 0.3) is 10.2 Å². The molecule has 0 amide bonds. The minimum atomic E-state index is -3.29. The third-order valence-electron chi connectivity index (χ3n) is 1.28. The molecular formula is C6H13N3O2S. The highest BCUT2D eigenvalue weighted by Gasteiger charge is 2.02. The number of hydrogen-bond acceptors (Lipinski definition) is 3. The number of nitrogens with zero attached hydrogens (tertiary/aromatic N) is 1. The number of hydrogen-bond donors (Lipinski definition) is 2. The van der Waals surface area contributed by atoms with E-state index in [-0.39, 0.29) is 0 Å². The lowest BCUT2D eigenvalue weighted by atomic mass is 10.2. The van der Waals surface area contributed by atoms with Crippen LogP contribution in [0.15, 0.2) is 0 Å². The molecule has 0 unspecified atom stereocenters. The van der Waals surface area contributed by atoms with E-state index in [0.717, 1.165) is 6.42 Å². The van der Waals surface area contributed by atoms with Gasteiger partial charge in [0, 0.05) is 20.0 Å². The zero-order valence-corrected chi connectivity index (χ0v) is 7.82. The van der Waals surface area contributed by atoms with Crippen molar-refractivity contribution in [3.63, 3.8) is 0 Å². The molecule has 12 heavy (non-hydrogen) atoms. The van der Waals surface area contributed by atoms with Gasteiger partial charge in [-0.05, 0) is 12.8 Å². The van der Waals surface area contributed by atoms with Crippen LogP contribution in [-0.4, -0.2) is 22.0 Å². The van der Waals surface area contributed by atoms with Gasteiger partial charge in [-0.25, -0.2) is 9.44 Å². The molecule has 0 aromatic heterocycles. The molecule has 2 N–H and O–H groups in total. The highest BCUT2D eigenvalue weighted by atomic mass is 32.2. The molecule has 0 saturated heterocycles. The summed E-state index contributed by atoms with van der Waals surface area (Å²) in [5, 5.41) is 8.17. The quantitative estimate of drug-likeness (QED) is 0.567. The van der Waals surface area contributed by atoms with Crippen molar-refractivity contribution in [2.45, 2.75) is 19.3 Å². The monoisotopic (exact) mass is 191 g/mol. The van der Waals surface area contributed by atoms with Gasteiger partial charge in [-0.2, -0.15) is 13.7 Å². The van der Waals surface area contributed by atoms with Gasteiger partial charge in [0.15, 0.2) is 0 Å². The SMILES string of the molecule is CNS(=O)(=O)NCCCCC#N. The van der Waals surface area contributed by atoms with Crippen LogP contribution < -0.4 is 9.44 Å². The lowest BCUT2D eigenvalue weighted by Crippen LogP contribution is -2.34. The van der Waals surface area contributed by atoms with Crippen molar-refractivity contribution in [3.05, 3.63) is 0 Å². The highest BCUT2D eigenvalue weighted by Crippen LogP contribution is 1.91. The molecule has 0 radical (unpaired) electrons. The summed E-state index contributed by atoms with van der Waals surface area (Å²) in [5.74, 6) is 0. The van der Waals surface area contributed by atoms with E-state index in [2.05, 4.69) is 9.44 Å². The largest absolute Gasteiger partial charge is 0.276 e. The standard InChI is InChI=1S/C6H13N3O2S/c1-8-12(10,11)9-6-4-2-3-5-7/h8-9H,2-4,6H2,1H3. The molecule has 0 aromatic rings. The molecule has 70 valence electrons. The van der Waals surface area contributed by atoms with Crippen LogP contribution in [0.5, 0.6) is 0 Å². The summed E-state index contributed by atoms with van der Waals surface area (Å²) < 4.78 is 25.9. The molecule has 0 rings (SSSR count). The van der Waals surface area contributed by atoms with E-state index in [4.69, 9.17) is 5.26 Å². The van der Waals surface area contributed by atoms with Crippen molar-refractivity contribution in [3.8, 4) is 6.07 Å². The predicted octanol–water partition coefficient (Wildman–Crippen LogP) is -0.266. The van der Waals surface area contributed by atoms with Crippen molar-refractivity contribution in [1.82, 2.24) is 9.44 Å². The molecule has 0 heterocycles. The van der Waals surface area contributed by atoms with Crippen LogP contribution in [0.3, 0.4) is 0 Å². The lowest BCUT2D eigenvalue weighted by molar-refractivity contribution is 0.569. The Balaban J connectivity index is 3.39. The molecule has 5 nitrogen and oxygen atoms in total. The number of rotatable bonds is 6. The minimum absolute atomic E-state index is 0.380. The van der Waals surface area contributed by atoms with Gasteiger partial charge < -0.3 is 0 Å². The maximum atomic E-state index is 10.7. The summed E-state index contributed by atoms with van der Waals surface area (Å²) in [7, 11) is -1.94. The van der Waals surface area contributed by atoms with Gasteiger partial charge in [0.2, 0.25) is 0 Å². The molecule has 0 aromatic carbocycles. The second kappa shape index (κ2) is 5.94. The van der Waals surface area contributed by atoms with Crippen molar-refractivity contribution in [1.29, 1.82) is 5.26 Å². The van der Waals surface area contributed by atoms with Crippen LogP contribution in [0.2, 0.25) is 0 Å². The molecule has 0 aliphatic heterocycles. The summed E-state index contributed by atoms with van der Waals surface area (Å²) in [6.45, 7) is 0.380. The molecular weight excluding hydrogens is 178 g/mol. The fraction of sp³-hybridized carbons (Fsp3) is 0.833. The van der Waals surface area contributed by atoms with E-state index in [1.165, 1.54) is 7.05 Å². The summed E-state index contributed by atoms with van der Waals surface area (Å²) >= 11 is 0. The van der Waals surface area contributed by atoms with Crippen LogP contribution in [0.25, 0.3) is 0 Å². The third kappa shape index (κ3) is 6.09. The first-order chi connectivity index (χ1) is 5.62. The second-order valence-corrected chi connectivity index (χ2v) is 3.92. The van der Waals surface area contributed by atoms with Crippen LogP contribution in [0, 0.1) is 11.3 Å². The fourth-order valence-electron chi connectivity index (χ4n) is 0.608. The van der Waals surface area contributed by atoms with Gasteiger partial charge in [-0.1, -0.05) is 0 Å². The molecule has 0 spiro atoms. The van der Waals surface area contributed by atoms with Crippen LogP contribution in [0.4, 0.5) is 0 Å². The maximum absolute atomic E-state index is 10.7. The molecule has 6 heteroatoms. The summed E-state index contributed by atoms with van der Waals surface area (Å²) in [4.78, 5) is 0. The van der Waals surface area contributed by atoms with E-state index in [9.17, 15) is 8.42 Å². The molecule has 0 aliphatic carbocycles. The zero-order valence-electron chi connectivity index (χ0n) is 7.00. The summed E-state index contributed by atoms with van der Waals surface area (Å²) in [6.07, 6.45) is 1.89. The lowest BCUT2D eigenvalue weighted by Gasteiger charge is -2.02. The van der Waals surface area contributed by atoms with Gasteiger partial charge in [-0.15, -0.1) is 0 Å². The Morgan fingerprint density at radius 1 is 1.42 bits per heavy atom. The van der Waals surface area contributed by atoms with Crippen LogP contribution >= 0.6 is 0 Å².